The first-order valence-corrected chi connectivity index (χ1v) is 7.98. The Kier molecular flexibility index (Phi) is 5.49. The van der Waals surface area contributed by atoms with Crippen molar-refractivity contribution in [1.82, 2.24) is 10.7 Å². The summed E-state index contributed by atoms with van der Waals surface area (Å²) in [6.07, 6.45) is 10.2. The van der Waals surface area contributed by atoms with Gasteiger partial charge in [-0.3, -0.25) is 5.43 Å². The van der Waals surface area contributed by atoms with Crippen LogP contribution in [0.3, 0.4) is 0 Å². The maximum Gasteiger partial charge on any atom is 0.206 e. The minimum Gasteiger partial charge on any atom is -0.353 e. The molecule has 4 N–H and O–H groups in total. The summed E-state index contributed by atoms with van der Waals surface area (Å²) in [5.74, 6) is 8.04. The number of aliphatic imine (C=N–C) groups is 1. The molecule has 0 spiro atoms. The van der Waals surface area contributed by atoms with Crippen LogP contribution in [0.15, 0.2) is 4.99 Å². The maximum absolute atomic E-state index is 5.63. The second-order valence-corrected chi connectivity index (χ2v) is 6.67. The van der Waals surface area contributed by atoms with Crippen LogP contribution in [-0.4, -0.2) is 18.0 Å². The molecule has 0 saturated heterocycles. The first-order valence-electron chi connectivity index (χ1n) is 7.98. The molecule has 2 unspecified atom stereocenters. The average molecular weight is 266 g/mol. The van der Waals surface area contributed by atoms with Crippen LogP contribution in [0.4, 0.5) is 0 Å². The molecule has 2 aliphatic rings. The summed E-state index contributed by atoms with van der Waals surface area (Å²) < 4.78 is 0. The van der Waals surface area contributed by atoms with E-state index in [0.29, 0.717) is 12.1 Å². The molecule has 4 nitrogen and oxygen atoms in total. The molecule has 2 fully saturated rings. The second-order valence-electron chi connectivity index (χ2n) is 6.67. The molecule has 0 aliphatic heterocycles. The lowest BCUT2D eigenvalue weighted by Gasteiger charge is -2.33. The van der Waals surface area contributed by atoms with Gasteiger partial charge in [0.1, 0.15) is 0 Å². The third-order valence-electron chi connectivity index (χ3n) is 4.54. The normalized spacial score (nSPS) is 34.1. The van der Waals surface area contributed by atoms with Gasteiger partial charge in [0, 0.05) is 6.04 Å². The highest BCUT2D eigenvalue weighted by Crippen LogP contribution is 2.28. The zero-order valence-corrected chi connectivity index (χ0v) is 12.5. The maximum atomic E-state index is 5.63. The molecule has 0 amide bonds. The molecule has 110 valence electrons. The average Bonchev–Trinajstić information content (AvgIpc) is 2.38. The number of nitrogens with two attached hydrogens (primary N) is 1. The largest absolute Gasteiger partial charge is 0.353 e. The number of nitrogens with zero attached hydrogens (tertiary/aromatic N) is 1. The molecule has 0 aromatic carbocycles. The molecule has 2 rings (SSSR count). The Bertz CT molecular complexity index is 287. The van der Waals surface area contributed by atoms with E-state index in [0.717, 1.165) is 17.8 Å². The Labute approximate surface area is 117 Å². The summed E-state index contributed by atoms with van der Waals surface area (Å²) in [6.45, 7) is 4.69. The minimum absolute atomic E-state index is 0.464. The van der Waals surface area contributed by atoms with Crippen molar-refractivity contribution < 1.29 is 0 Å². The van der Waals surface area contributed by atoms with E-state index in [2.05, 4.69) is 24.6 Å². The predicted molar refractivity (Wildman–Crippen MR) is 80.7 cm³/mol. The standard InChI is InChI=1S/C15H30N4/c1-11-8-12(2)10-14(9-11)18-15(19-16)17-13-6-4-3-5-7-13/h11-14H,3-10,16H2,1-2H3,(H2,17,18,19). The molecule has 0 bridgehead atoms. The molecule has 4 heteroatoms. The van der Waals surface area contributed by atoms with Crippen LogP contribution in [0.2, 0.25) is 0 Å². The number of hydrogen-bond donors (Lipinski definition) is 3. The van der Waals surface area contributed by atoms with Crippen LogP contribution < -0.4 is 16.6 Å². The number of hydrazine groups is 1. The third-order valence-corrected chi connectivity index (χ3v) is 4.54. The fourth-order valence-electron chi connectivity index (χ4n) is 3.77. The molecule has 2 aliphatic carbocycles. The lowest BCUT2D eigenvalue weighted by Crippen LogP contribution is -2.49. The second kappa shape index (κ2) is 7.13. The Morgan fingerprint density at radius 3 is 2.21 bits per heavy atom. The fourth-order valence-corrected chi connectivity index (χ4v) is 3.77. The van der Waals surface area contributed by atoms with Gasteiger partial charge in [-0.2, -0.15) is 0 Å². The van der Waals surface area contributed by atoms with Crippen molar-refractivity contribution in [1.29, 1.82) is 0 Å². The lowest BCUT2D eigenvalue weighted by molar-refractivity contribution is 0.254. The zero-order chi connectivity index (χ0) is 13.7. The van der Waals surface area contributed by atoms with Crippen molar-refractivity contribution in [2.45, 2.75) is 77.3 Å². The Hall–Kier alpha value is -0.770. The monoisotopic (exact) mass is 266 g/mol. The van der Waals surface area contributed by atoms with E-state index < -0.39 is 0 Å². The smallest absolute Gasteiger partial charge is 0.206 e. The van der Waals surface area contributed by atoms with Crippen molar-refractivity contribution in [3.05, 3.63) is 0 Å². The molecule has 0 aromatic rings. The van der Waals surface area contributed by atoms with Crippen molar-refractivity contribution >= 4 is 5.96 Å². The van der Waals surface area contributed by atoms with Crippen molar-refractivity contribution in [3.8, 4) is 0 Å². The van der Waals surface area contributed by atoms with E-state index in [4.69, 9.17) is 10.8 Å². The molecule has 2 saturated carbocycles. The van der Waals surface area contributed by atoms with Crippen molar-refractivity contribution in [2.24, 2.45) is 22.7 Å². The topological polar surface area (TPSA) is 62.4 Å². The van der Waals surface area contributed by atoms with E-state index in [9.17, 15) is 0 Å². The van der Waals surface area contributed by atoms with Gasteiger partial charge in [0.15, 0.2) is 0 Å². The van der Waals surface area contributed by atoms with Gasteiger partial charge in [-0.1, -0.05) is 33.1 Å². The first kappa shape index (κ1) is 14.6. The number of rotatable bonds is 2. The van der Waals surface area contributed by atoms with E-state index >= 15 is 0 Å². The van der Waals surface area contributed by atoms with Crippen LogP contribution in [0, 0.1) is 11.8 Å². The quantitative estimate of drug-likeness (QED) is 0.311. The molecule has 2 atom stereocenters. The summed E-state index contributed by atoms with van der Waals surface area (Å²) in [5.41, 5.74) is 2.77. The van der Waals surface area contributed by atoms with Crippen LogP contribution >= 0.6 is 0 Å². The van der Waals surface area contributed by atoms with Gasteiger partial charge in [0.2, 0.25) is 5.96 Å². The van der Waals surface area contributed by atoms with Crippen LogP contribution in [0.25, 0.3) is 0 Å². The summed E-state index contributed by atoms with van der Waals surface area (Å²) in [7, 11) is 0. The van der Waals surface area contributed by atoms with Gasteiger partial charge in [-0.15, -0.1) is 0 Å². The number of nitrogens with one attached hydrogen (secondary N) is 2. The Balaban J connectivity index is 1.88. The SMILES string of the molecule is CC1CC(C)CC(NC(=NC2CCCCC2)NN)C1. The summed E-state index contributed by atoms with van der Waals surface area (Å²) in [6, 6.07) is 0.989. The van der Waals surface area contributed by atoms with Gasteiger partial charge in [0.05, 0.1) is 6.04 Å². The molecular formula is C15H30N4. The number of hydrogen-bond acceptors (Lipinski definition) is 2. The van der Waals surface area contributed by atoms with Gasteiger partial charge >= 0.3 is 0 Å². The van der Waals surface area contributed by atoms with E-state index in [1.54, 1.807) is 0 Å². The zero-order valence-electron chi connectivity index (χ0n) is 12.5. The molecule has 0 heterocycles. The van der Waals surface area contributed by atoms with E-state index in [-0.39, 0.29) is 0 Å². The molecule has 19 heavy (non-hydrogen) atoms. The fraction of sp³-hybridized carbons (Fsp3) is 0.933. The van der Waals surface area contributed by atoms with Crippen LogP contribution in [0.5, 0.6) is 0 Å². The van der Waals surface area contributed by atoms with Crippen molar-refractivity contribution in [2.75, 3.05) is 0 Å². The van der Waals surface area contributed by atoms with E-state index in [1.807, 2.05) is 0 Å². The predicted octanol–water partition coefficient (Wildman–Crippen LogP) is 2.55. The van der Waals surface area contributed by atoms with Gasteiger partial charge in [-0.25, -0.2) is 10.8 Å². The highest BCUT2D eigenvalue weighted by Gasteiger charge is 2.24. The first-order chi connectivity index (χ1) is 9.17. The van der Waals surface area contributed by atoms with Crippen LogP contribution in [0.1, 0.15) is 65.2 Å². The highest BCUT2D eigenvalue weighted by atomic mass is 15.3. The Morgan fingerprint density at radius 2 is 1.63 bits per heavy atom. The third kappa shape index (κ3) is 4.68. The molecular weight excluding hydrogens is 236 g/mol. The summed E-state index contributed by atoms with van der Waals surface area (Å²) in [5, 5.41) is 3.53. The van der Waals surface area contributed by atoms with Gasteiger partial charge in [-0.05, 0) is 43.9 Å². The highest BCUT2D eigenvalue weighted by molar-refractivity contribution is 5.79. The Morgan fingerprint density at radius 1 is 1.00 bits per heavy atom. The van der Waals surface area contributed by atoms with Gasteiger partial charge < -0.3 is 5.32 Å². The molecule has 0 radical (unpaired) electrons. The minimum atomic E-state index is 0.464. The van der Waals surface area contributed by atoms with E-state index in [1.165, 1.54) is 51.4 Å². The van der Waals surface area contributed by atoms with Crippen LogP contribution in [-0.2, 0) is 0 Å². The molecule has 0 aromatic heterocycles. The lowest BCUT2D eigenvalue weighted by atomic mass is 9.80. The van der Waals surface area contributed by atoms with Crippen molar-refractivity contribution in [3.63, 3.8) is 0 Å². The number of guanidine groups is 1. The summed E-state index contributed by atoms with van der Waals surface area (Å²) in [4.78, 5) is 4.77. The van der Waals surface area contributed by atoms with Gasteiger partial charge in [0.25, 0.3) is 0 Å². The summed E-state index contributed by atoms with van der Waals surface area (Å²) >= 11 is 0.